The SMILES string of the molecule is CCOc1cc(/C=N/Nc2ccccc2C(F)(F)F)ccc1O. The van der Waals surface area contributed by atoms with Crippen LogP contribution in [0.1, 0.15) is 18.1 Å². The Bertz CT molecular complexity index is 700. The number of ether oxygens (including phenoxy) is 1. The first kappa shape index (κ1) is 16.7. The quantitative estimate of drug-likeness (QED) is 0.638. The summed E-state index contributed by atoms with van der Waals surface area (Å²) in [5.41, 5.74) is 2.02. The largest absolute Gasteiger partial charge is 0.504 e. The molecular formula is C16H15F3N2O2. The summed E-state index contributed by atoms with van der Waals surface area (Å²) in [5, 5.41) is 13.4. The van der Waals surface area contributed by atoms with Crippen molar-refractivity contribution in [2.45, 2.75) is 13.1 Å². The van der Waals surface area contributed by atoms with Crippen molar-refractivity contribution in [1.29, 1.82) is 0 Å². The molecular weight excluding hydrogens is 309 g/mol. The second-order valence-electron chi connectivity index (χ2n) is 4.57. The number of hydrogen-bond acceptors (Lipinski definition) is 4. The fourth-order valence-corrected chi connectivity index (χ4v) is 1.89. The van der Waals surface area contributed by atoms with Crippen molar-refractivity contribution in [2.24, 2.45) is 5.10 Å². The molecule has 0 aliphatic heterocycles. The van der Waals surface area contributed by atoms with Gasteiger partial charge >= 0.3 is 6.18 Å². The Balaban J connectivity index is 2.15. The van der Waals surface area contributed by atoms with Gasteiger partial charge in [-0.05, 0) is 42.8 Å². The molecule has 0 atom stereocenters. The van der Waals surface area contributed by atoms with E-state index in [9.17, 15) is 18.3 Å². The van der Waals surface area contributed by atoms with Gasteiger partial charge in [-0.3, -0.25) is 5.43 Å². The number of anilines is 1. The maximum atomic E-state index is 12.8. The minimum absolute atomic E-state index is 0.0145. The number of hydrazone groups is 1. The van der Waals surface area contributed by atoms with E-state index in [0.29, 0.717) is 12.2 Å². The first-order valence-corrected chi connectivity index (χ1v) is 6.83. The zero-order chi connectivity index (χ0) is 16.9. The summed E-state index contributed by atoms with van der Waals surface area (Å²) in [5.74, 6) is 0.270. The summed E-state index contributed by atoms with van der Waals surface area (Å²) in [6.45, 7) is 2.15. The van der Waals surface area contributed by atoms with E-state index in [-0.39, 0.29) is 17.2 Å². The number of halogens is 3. The predicted octanol–water partition coefficient (Wildman–Crippen LogP) is 4.26. The molecule has 0 heterocycles. The van der Waals surface area contributed by atoms with Crippen LogP contribution in [0.15, 0.2) is 47.6 Å². The van der Waals surface area contributed by atoms with Gasteiger partial charge in [0.2, 0.25) is 0 Å². The lowest BCUT2D eigenvalue weighted by Crippen LogP contribution is -2.08. The number of benzene rings is 2. The highest BCUT2D eigenvalue weighted by atomic mass is 19.4. The van der Waals surface area contributed by atoms with Crippen LogP contribution in [-0.2, 0) is 6.18 Å². The number of nitrogens with one attached hydrogen (secondary N) is 1. The van der Waals surface area contributed by atoms with Gasteiger partial charge in [0.05, 0.1) is 24.1 Å². The molecule has 0 radical (unpaired) electrons. The van der Waals surface area contributed by atoms with Crippen LogP contribution in [0, 0.1) is 0 Å². The zero-order valence-corrected chi connectivity index (χ0v) is 12.3. The van der Waals surface area contributed by atoms with Crippen molar-refractivity contribution in [2.75, 3.05) is 12.0 Å². The minimum atomic E-state index is -4.46. The minimum Gasteiger partial charge on any atom is -0.504 e. The molecule has 0 saturated carbocycles. The number of rotatable bonds is 5. The highest BCUT2D eigenvalue weighted by Crippen LogP contribution is 2.34. The molecule has 0 aromatic heterocycles. The lowest BCUT2D eigenvalue weighted by atomic mass is 10.2. The Hall–Kier alpha value is -2.70. The highest BCUT2D eigenvalue weighted by Gasteiger charge is 2.33. The van der Waals surface area contributed by atoms with E-state index in [4.69, 9.17) is 4.74 Å². The molecule has 2 aromatic rings. The van der Waals surface area contributed by atoms with Crippen LogP contribution in [0.2, 0.25) is 0 Å². The van der Waals surface area contributed by atoms with E-state index in [1.165, 1.54) is 30.5 Å². The van der Waals surface area contributed by atoms with Crippen molar-refractivity contribution in [1.82, 2.24) is 0 Å². The molecule has 0 saturated heterocycles. The fourth-order valence-electron chi connectivity index (χ4n) is 1.89. The maximum absolute atomic E-state index is 12.8. The van der Waals surface area contributed by atoms with Crippen molar-refractivity contribution in [3.63, 3.8) is 0 Å². The molecule has 4 nitrogen and oxygen atoms in total. The number of nitrogens with zero attached hydrogens (tertiary/aromatic N) is 1. The first-order chi connectivity index (χ1) is 10.9. The van der Waals surface area contributed by atoms with Crippen LogP contribution >= 0.6 is 0 Å². The number of phenolic OH excluding ortho intramolecular Hbond substituents is 1. The monoisotopic (exact) mass is 324 g/mol. The Morgan fingerprint density at radius 3 is 2.65 bits per heavy atom. The summed E-state index contributed by atoms with van der Waals surface area (Å²) < 4.78 is 43.8. The number of phenols is 1. The third kappa shape index (κ3) is 4.38. The summed E-state index contributed by atoms with van der Waals surface area (Å²) >= 11 is 0. The summed E-state index contributed by atoms with van der Waals surface area (Å²) in [7, 11) is 0. The van der Waals surface area contributed by atoms with Gasteiger partial charge in [-0.15, -0.1) is 0 Å². The number of para-hydroxylation sites is 1. The van der Waals surface area contributed by atoms with E-state index in [2.05, 4.69) is 10.5 Å². The predicted molar refractivity (Wildman–Crippen MR) is 81.9 cm³/mol. The van der Waals surface area contributed by atoms with Crippen molar-refractivity contribution in [3.05, 3.63) is 53.6 Å². The van der Waals surface area contributed by atoms with E-state index >= 15 is 0 Å². The third-order valence-corrected chi connectivity index (χ3v) is 2.91. The molecule has 0 spiro atoms. The van der Waals surface area contributed by atoms with Crippen molar-refractivity contribution in [3.8, 4) is 11.5 Å². The molecule has 2 N–H and O–H groups in total. The van der Waals surface area contributed by atoms with Gasteiger partial charge < -0.3 is 9.84 Å². The first-order valence-electron chi connectivity index (χ1n) is 6.83. The average molecular weight is 324 g/mol. The van der Waals surface area contributed by atoms with E-state index < -0.39 is 11.7 Å². The molecule has 0 amide bonds. The smallest absolute Gasteiger partial charge is 0.418 e. The van der Waals surface area contributed by atoms with Gasteiger partial charge in [0.1, 0.15) is 0 Å². The molecule has 2 rings (SSSR count). The topological polar surface area (TPSA) is 53.8 Å². The van der Waals surface area contributed by atoms with Crippen LogP contribution in [-0.4, -0.2) is 17.9 Å². The normalized spacial score (nSPS) is 11.7. The number of hydrogen-bond donors (Lipinski definition) is 2. The zero-order valence-electron chi connectivity index (χ0n) is 12.3. The van der Waals surface area contributed by atoms with Gasteiger partial charge in [0.15, 0.2) is 11.5 Å². The Morgan fingerprint density at radius 1 is 1.22 bits per heavy atom. The lowest BCUT2D eigenvalue weighted by molar-refractivity contribution is -0.136. The van der Waals surface area contributed by atoms with E-state index in [1.807, 2.05) is 0 Å². The molecule has 0 aliphatic rings. The van der Waals surface area contributed by atoms with Crippen LogP contribution in [0.3, 0.4) is 0 Å². The second kappa shape index (κ2) is 7.04. The van der Waals surface area contributed by atoms with Gasteiger partial charge in [0.25, 0.3) is 0 Å². The Kier molecular flexibility index (Phi) is 5.10. The summed E-state index contributed by atoms with van der Waals surface area (Å²) in [4.78, 5) is 0. The molecule has 0 aliphatic carbocycles. The van der Waals surface area contributed by atoms with E-state index in [1.54, 1.807) is 19.1 Å². The standard InChI is InChI=1S/C16H15F3N2O2/c1-2-23-15-9-11(7-8-14(15)22)10-20-21-13-6-4-3-5-12(13)16(17,18)19/h3-10,21-22H,2H2,1H3/b20-10+. The number of alkyl halides is 3. The lowest BCUT2D eigenvalue weighted by Gasteiger charge is -2.11. The maximum Gasteiger partial charge on any atom is 0.418 e. The third-order valence-electron chi connectivity index (χ3n) is 2.91. The summed E-state index contributed by atoms with van der Waals surface area (Å²) in [6, 6.07) is 9.61. The van der Waals surface area contributed by atoms with Crippen molar-refractivity contribution < 1.29 is 23.0 Å². The molecule has 23 heavy (non-hydrogen) atoms. The molecule has 7 heteroatoms. The second-order valence-corrected chi connectivity index (χ2v) is 4.57. The van der Waals surface area contributed by atoms with Crippen LogP contribution in [0.5, 0.6) is 11.5 Å². The van der Waals surface area contributed by atoms with Crippen LogP contribution < -0.4 is 10.2 Å². The molecule has 0 unspecified atom stereocenters. The average Bonchev–Trinajstić information content (AvgIpc) is 2.50. The Morgan fingerprint density at radius 2 is 1.96 bits per heavy atom. The highest BCUT2D eigenvalue weighted by molar-refractivity contribution is 5.81. The van der Waals surface area contributed by atoms with E-state index in [0.717, 1.165) is 6.07 Å². The van der Waals surface area contributed by atoms with Gasteiger partial charge in [-0.25, -0.2) is 0 Å². The summed E-state index contributed by atoms with van der Waals surface area (Å²) in [6.07, 6.45) is -3.12. The van der Waals surface area contributed by atoms with Gasteiger partial charge in [-0.2, -0.15) is 18.3 Å². The van der Waals surface area contributed by atoms with Gasteiger partial charge in [0, 0.05) is 0 Å². The molecule has 0 fully saturated rings. The van der Waals surface area contributed by atoms with Crippen molar-refractivity contribution >= 4 is 11.9 Å². The van der Waals surface area contributed by atoms with Gasteiger partial charge in [-0.1, -0.05) is 12.1 Å². The van der Waals surface area contributed by atoms with Crippen LogP contribution in [0.4, 0.5) is 18.9 Å². The fraction of sp³-hybridized carbons (Fsp3) is 0.188. The van der Waals surface area contributed by atoms with Crippen LogP contribution in [0.25, 0.3) is 0 Å². The molecule has 0 bridgehead atoms. The molecule has 2 aromatic carbocycles. The number of aromatic hydroxyl groups is 1. The molecule has 122 valence electrons. The Labute approximate surface area is 131 Å².